The maximum Gasteiger partial charge on any atom is 0.573 e. The molecule has 16 heavy (non-hydrogen) atoms. The van der Waals surface area contributed by atoms with Crippen LogP contribution in [-0.4, -0.2) is 12.1 Å². The van der Waals surface area contributed by atoms with Gasteiger partial charge in [0.15, 0.2) is 5.78 Å². The minimum Gasteiger partial charge on any atom is -0.405 e. The highest BCUT2D eigenvalue weighted by atomic mass is 79.9. The van der Waals surface area contributed by atoms with E-state index in [0.29, 0.717) is 10.0 Å². The molecule has 6 heteroatoms. The number of hydrogen-bond acceptors (Lipinski definition) is 2. The Kier molecular flexibility index (Phi) is 3.62. The number of hydrogen-bond donors (Lipinski definition) is 0. The van der Waals surface area contributed by atoms with Crippen LogP contribution in [0.25, 0.3) is 0 Å². The summed E-state index contributed by atoms with van der Waals surface area (Å²) in [4.78, 5) is 11.3. The zero-order valence-corrected chi connectivity index (χ0v) is 10.1. The van der Waals surface area contributed by atoms with Crippen molar-refractivity contribution in [2.24, 2.45) is 0 Å². The van der Waals surface area contributed by atoms with Crippen molar-refractivity contribution in [3.63, 3.8) is 0 Å². The lowest BCUT2D eigenvalue weighted by molar-refractivity contribution is -0.274. The van der Waals surface area contributed by atoms with Crippen LogP contribution in [0.1, 0.15) is 22.8 Å². The Bertz CT molecular complexity index is 427. The fraction of sp³-hybridized carbons (Fsp3) is 0.300. The summed E-state index contributed by atoms with van der Waals surface area (Å²) in [6.45, 7) is 2.74. The molecular formula is C10H8BrF3O2. The van der Waals surface area contributed by atoms with Gasteiger partial charge in [-0.1, -0.05) is 15.9 Å². The highest BCUT2D eigenvalue weighted by Gasteiger charge is 2.33. The second-order valence-electron chi connectivity index (χ2n) is 3.15. The Morgan fingerprint density at radius 2 is 1.94 bits per heavy atom. The number of carbonyl (C=O) groups excluding carboxylic acids is 1. The molecule has 0 bridgehead atoms. The van der Waals surface area contributed by atoms with Crippen molar-refractivity contribution in [3.05, 3.63) is 27.7 Å². The third kappa shape index (κ3) is 2.98. The number of halogens is 4. The van der Waals surface area contributed by atoms with Crippen molar-refractivity contribution >= 4 is 21.7 Å². The van der Waals surface area contributed by atoms with Gasteiger partial charge in [0.1, 0.15) is 5.75 Å². The van der Waals surface area contributed by atoms with Crippen LogP contribution in [0.3, 0.4) is 0 Å². The molecule has 0 aromatic heterocycles. The summed E-state index contributed by atoms with van der Waals surface area (Å²) in [5, 5.41) is 0. The zero-order chi connectivity index (χ0) is 12.5. The van der Waals surface area contributed by atoms with Crippen LogP contribution in [-0.2, 0) is 0 Å². The monoisotopic (exact) mass is 296 g/mol. The van der Waals surface area contributed by atoms with Gasteiger partial charge in [-0.3, -0.25) is 4.79 Å². The van der Waals surface area contributed by atoms with Crippen LogP contribution in [0.2, 0.25) is 0 Å². The van der Waals surface area contributed by atoms with Gasteiger partial charge in [-0.25, -0.2) is 0 Å². The van der Waals surface area contributed by atoms with E-state index in [1.54, 1.807) is 6.92 Å². The second-order valence-corrected chi connectivity index (χ2v) is 4.00. The van der Waals surface area contributed by atoms with Gasteiger partial charge in [-0.05, 0) is 31.5 Å². The second kappa shape index (κ2) is 4.45. The van der Waals surface area contributed by atoms with Crippen LogP contribution in [0.5, 0.6) is 5.75 Å². The van der Waals surface area contributed by atoms with Crippen LogP contribution < -0.4 is 4.74 Å². The SMILES string of the molecule is CC(=O)c1c(OC(F)(F)F)ccc(Br)c1C. The number of carbonyl (C=O) groups is 1. The Labute approximate surface area is 98.5 Å². The molecule has 0 spiro atoms. The van der Waals surface area contributed by atoms with Crippen molar-refractivity contribution in [2.75, 3.05) is 0 Å². The van der Waals surface area contributed by atoms with E-state index in [0.717, 1.165) is 6.07 Å². The van der Waals surface area contributed by atoms with E-state index in [1.807, 2.05) is 0 Å². The van der Waals surface area contributed by atoms with E-state index in [9.17, 15) is 18.0 Å². The lowest BCUT2D eigenvalue weighted by Crippen LogP contribution is -2.19. The first-order valence-electron chi connectivity index (χ1n) is 4.28. The summed E-state index contributed by atoms with van der Waals surface area (Å²) < 4.78 is 40.6. The van der Waals surface area contributed by atoms with Crippen molar-refractivity contribution in [1.29, 1.82) is 0 Å². The van der Waals surface area contributed by atoms with E-state index in [1.165, 1.54) is 13.0 Å². The summed E-state index contributed by atoms with van der Waals surface area (Å²) >= 11 is 3.14. The van der Waals surface area contributed by atoms with Gasteiger partial charge < -0.3 is 4.74 Å². The van der Waals surface area contributed by atoms with E-state index < -0.39 is 17.9 Å². The molecule has 1 rings (SSSR count). The largest absolute Gasteiger partial charge is 0.573 e. The van der Waals surface area contributed by atoms with Crippen molar-refractivity contribution in [2.45, 2.75) is 20.2 Å². The predicted molar refractivity (Wildman–Crippen MR) is 55.6 cm³/mol. The summed E-state index contributed by atoms with van der Waals surface area (Å²) in [6, 6.07) is 2.52. The number of rotatable bonds is 2. The van der Waals surface area contributed by atoms with Crippen LogP contribution in [0, 0.1) is 6.92 Å². The van der Waals surface area contributed by atoms with Crippen molar-refractivity contribution in [3.8, 4) is 5.75 Å². The van der Waals surface area contributed by atoms with Crippen LogP contribution >= 0.6 is 15.9 Å². The molecule has 2 nitrogen and oxygen atoms in total. The molecule has 0 aliphatic rings. The average Bonchev–Trinajstić information content (AvgIpc) is 2.08. The molecule has 0 saturated carbocycles. The van der Waals surface area contributed by atoms with Gasteiger partial charge in [0.25, 0.3) is 0 Å². The minimum absolute atomic E-state index is 0.0632. The Balaban J connectivity index is 3.29. The molecule has 0 fully saturated rings. The summed E-state index contributed by atoms with van der Waals surface area (Å²) in [6.07, 6.45) is -4.80. The van der Waals surface area contributed by atoms with Crippen molar-refractivity contribution in [1.82, 2.24) is 0 Å². The first-order chi connectivity index (χ1) is 7.22. The third-order valence-corrected chi connectivity index (χ3v) is 2.80. The van der Waals surface area contributed by atoms with Crippen molar-refractivity contribution < 1.29 is 22.7 Å². The van der Waals surface area contributed by atoms with E-state index >= 15 is 0 Å². The maximum atomic E-state index is 12.1. The molecule has 0 unspecified atom stereocenters. The number of ether oxygens (including phenoxy) is 1. The molecule has 0 aliphatic carbocycles. The topological polar surface area (TPSA) is 26.3 Å². The van der Waals surface area contributed by atoms with E-state index in [2.05, 4.69) is 20.7 Å². The summed E-state index contributed by atoms with van der Waals surface area (Å²) in [5.74, 6) is -0.946. The maximum absolute atomic E-state index is 12.1. The lowest BCUT2D eigenvalue weighted by Gasteiger charge is -2.14. The summed E-state index contributed by atoms with van der Waals surface area (Å²) in [7, 11) is 0. The normalized spacial score (nSPS) is 11.4. The highest BCUT2D eigenvalue weighted by molar-refractivity contribution is 9.10. The molecule has 1 aromatic carbocycles. The summed E-state index contributed by atoms with van der Waals surface area (Å²) in [5.41, 5.74) is 0.362. The number of benzene rings is 1. The Morgan fingerprint density at radius 3 is 2.38 bits per heavy atom. The molecule has 0 amide bonds. The molecule has 0 radical (unpaired) electrons. The first-order valence-corrected chi connectivity index (χ1v) is 5.07. The van der Waals surface area contributed by atoms with Gasteiger partial charge in [-0.15, -0.1) is 13.2 Å². The molecule has 0 saturated heterocycles. The fourth-order valence-corrected chi connectivity index (χ4v) is 1.64. The first kappa shape index (κ1) is 13.0. The van der Waals surface area contributed by atoms with Gasteiger partial charge >= 0.3 is 6.36 Å². The Hall–Kier alpha value is -1.04. The van der Waals surface area contributed by atoms with Gasteiger partial charge in [0.2, 0.25) is 0 Å². The quantitative estimate of drug-likeness (QED) is 0.775. The number of alkyl halides is 3. The average molecular weight is 297 g/mol. The minimum atomic E-state index is -4.80. The Morgan fingerprint density at radius 1 is 1.38 bits per heavy atom. The molecule has 0 heterocycles. The third-order valence-electron chi connectivity index (χ3n) is 1.94. The molecule has 1 aromatic rings. The van der Waals surface area contributed by atoms with Crippen LogP contribution in [0.4, 0.5) is 13.2 Å². The highest BCUT2D eigenvalue weighted by Crippen LogP contribution is 2.32. The number of ketones is 1. The molecule has 0 aliphatic heterocycles. The zero-order valence-electron chi connectivity index (χ0n) is 8.48. The lowest BCUT2D eigenvalue weighted by atomic mass is 10.0. The number of Topliss-reactive ketones (excluding diaryl/α,β-unsaturated/α-hetero) is 1. The predicted octanol–water partition coefficient (Wildman–Crippen LogP) is 3.86. The van der Waals surface area contributed by atoms with Gasteiger partial charge in [0.05, 0.1) is 5.56 Å². The van der Waals surface area contributed by atoms with E-state index in [4.69, 9.17) is 0 Å². The van der Waals surface area contributed by atoms with Gasteiger partial charge in [0, 0.05) is 4.47 Å². The standard InChI is InChI=1S/C10H8BrF3O2/c1-5-7(11)3-4-8(9(5)6(2)15)16-10(12,13)14/h3-4H,1-2H3. The molecule has 88 valence electrons. The fourth-order valence-electron chi connectivity index (χ4n) is 1.31. The van der Waals surface area contributed by atoms with E-state index in [-0.39, 0.29) is 5.56 Å². The molecular weight excluding hydrogens is 289 g/mol. The molecule has 0 N–H and O–H groups in total. The van der Waals surface area contributed by atoms with Gasteiger partial charge in [-0.2, -0.15) is 0 Å². The molecule has 0 atom stereocenters. The van der Waals surface area contributed by atoms with Crippen LogP contribution in [0.15, 0.2) is 16.6 Å². The smallest absolute Gasteiger partial charge is 0.405 e.